The molecule has 1 aromatic carbocycles. The lowest BCUT2D eigenvalue weighted by Crippen LogP contribution is -2.52. The largest absolute Gasteiger partial charge is 0.352 e. The molecule has 112 valence electrons. The van der Waals surface area contributed by atoms with E-state index in [9.17, 15) is 9.59 Å². The third-order valence-corrected chi connectivity index (χ3v) is 4.34. The van der Waals surface area contributed by atoms with E-state index >= 15 is 0 Å². The molecule has 3 rings (SSSR count). The van der Waals surface area contributed by atoms with E-state index in [1.165, 1.54) is 5.56 Å². The number of hydrogen-bond donors (Lipinski definition) is 1. The van der Waals surface area contributed by atoms with Crippen LogP contribution in [-0.2, 0) is 9.59 Å². The second-order valence-electron chi connectivity index (χ2n) is 6.32. The number of carbonyl (C=O) groups is 2. The molecule has 0 radical (unpaired) electrons. The average Bonchev–Trinajstić information content (AvgIpc) is 3.31. The molecule has 1 atom stereocenters. The van der Waals surface area contributed by atoms with Gasteiger partial charge < -0.3 is 10.2 Å². The summed E-state index contributed by atoms with van der Waals surface area (Å²) >= 11 is 0. The summed E-state index contributed by atoms with van der Waals surface area (Å²) in [6, 6.07) is 7.62. The summed E-state index contributed by atoms with van der Waals surface area (Å²) in [6.45, 7) is 5.45. The molecule has 4 heteroatoms. The van der Waals surface area contributed by atoms with E-state index in [1.807, 2.05) is 12.1 Å². The van der Waals surface area contributed by atoms with Crippen molar-refractivity contribution in [3.8, 4) is 0 Å². The van der Waals surface area contributed by atoms with Gasteiger partial charge in [-0.25, -0.2) is 0 Å². The van der Waals surface area contributed by atoms with Crippen molar-refractivity contribution in [3.05, 3.63) is 35.4 Å². The van der Waals surface area contributed by atoms with E-state index in [0.29, 0.717) is 19.0 Å². The molecule has 0 spiro atoms. The Morgan fingerprint density at radius 2 is 1.90 bits per heavy atom. The predicted octanol–water partition coefficient (Wildman–Crippen LogP) is 2.22. The van der Waals surface area contributed by atoms with Crippen LogP contribution < -0.4 is 5.32 Å². The summed E-state index contributed by atoms with van der Waals surface area (Å²) in [5.41, 5.74) is 2.15. The molecule has 0 bridgehead atoms. The minimum absolute atomic E-state index is 0.0625. The van der Waals surface area contributed by atoms with E-state index < -0.39 is 6.04 Å². The summed E-state index contributed by atoms with van der Waals surface area (Å²) in [5.74, 6) is 0.687. The molecule has 1 aliphatic carbocycles. The van der Waals surface area contributed by atoms with Crippen molar-refractivity contribution < 1.29 is 9.59 Å². The number of hydrogen-bond acceptors (Lipinski definition) is 2. The lowest BCUT2D eigenvalue weighted by atomic mass is 9.97. The molecule has 2 amide bonds. The van der Waals surface area contributed by atoms with Gasteiger partial charge in [0.15, 0.2) is 0 Å². The van der Waals surface area contributed by atoms with Crippen molar-refractivity contribution in [2.24, 2.45) is 5.92 Å². The zero-order chi connectivity index (χ0) is 15.0. The summed E-state index contributed by atoms with van der Waals surface area (Å²) in [7, 11) is 0. The molecular weight excluding hydrogens is 264 g/mol. The minimum Gasteiger partial charge on any atom is -0.352 e. The monoisotopic (exact) mass is 286 g/mol. The second-order valence-corrected chi connectivity index (χ2v) is 6.32. The summed E-state index contributed by atoms with van der Waals surface area (Å²) in [6.07, 6.45) is 1.94. The number of nitrogens with one attached hydrogen (secondary N) is 1. The number of piperazine rings is 1. The zero-order valence-electron chi connectivity index (χ0n) is 12.6. The van der Waals surface area contributed by atoms with Crippen LogP contribution in [0.15, 0.2) is 24.3 Å². The van der Waals surface area contributed by atoms with E-state index in [2.05, 4.69) is 31.3 Å². The van der Waals surface area contributed by atoms with Crippen LogP contribution in [0.2, 0.25) is 0 Å². The molecule has 21 heavy (non-hydrogen) atoms. The van der Waals surface area contributed by atoms with Crippen LogP contribution in [-0.4, -0.2) is 29.8 Å². The Hall–Kier alpha value is -1.84. The van der Waals surface area contributed by atoms with Gasteiger partial charge in [0.05, 0.1) is 0 Å². The fourth-order valence-electron chi connectivity index (χ4n) is 2.86. The summed E-state index contributed by atoms with van der Waals surface area (Å²) < 4.78 is 0. The van der Waals surface area contributed by atoms with Crippen molar-refractivity contribution in [1.29, 1.82) is 0 Å². The standard InChI is InChI=1S/C17H22N2O2/c1-11(2)12-3-5-13(6-4-12)15-16(20)18-9-10-19(15)17(21)14-7-8-14/h3-6,11,14-15H,7-10H2,1-2H3,(H,18,20). The SMILES string of the molecule is CC(C)c1ccc(C2C(=O)NCCN2C(=O)C2CC2)cc1. The van der Waals surface area contributed by atoms with Crippen molar-refractivity contribution in [2.45, 2.75) is 38.6 Å². The number of rotatable bonds is 3. The fraction of sp³-hybridized carbons (Fsp3) is 0.529. The lowest BCUT2D eigenvalue weighted by molar-refractivity contribution is -0.144. The third kappa shape index (κ3) is 2.80. The Morgan fingerprint density at radius 1 is 1.24 bits per heavy atom. The molecule has 4 nitrogen and oxygen atoms in total. The highest BCUT2D eigenvalue weighted by atomic mass is 16.2. The van der Waals surface area contributed by atoms with Crippen LogP contribution in [0, 0.1) is 5.92 Å². The van der Waals surface area contributed by atoms with Crippen molar-refractivity contribution in [3.63, 3.8) is 0 Å². The van der Waals surface area contributed by atoms with Crippen LogP contribution in [0.4, 0.5) is 0 Å². The van der Waals surface area contributed by atoms with Crippen LogP contribution in [0.1, 0.15) is 49.8 Å². The number of carbonyl (C=O) groups excluding carboxylic acids is 2. The Morgan fingerprint density at radius 3 is 2.48 bits per heavy atom. The van der Waals surface area contributed by atoms with Crippen molar-refractivity contribution >= 4 is 11.8 Å². The van der Waals surface area contributed by atoms with Gasteiger partial charge in [0.2, 0.25) is 11.8 Å². The highest BCUT2D eigenvalue weighted by Gasteiger charge is 2.40. The summed E-state index contributed by atoms with van der Waals surface area (Å²) in [4.78, 5) is 26.4. The molecule has 1 saturated heterocycles. The van der Waals surface area contributed by atoms with Gasteiger partial charge >= 0.3 is 0 Å². The molecule has 2 aliphatic rings. The molecule has 1 N–H and O–H groups in total. The highest BCUT2D eigenvalue weighted by Crippen LogP contribution is 2.35. The van der Waals surface area contributed by atoms with Gasteiger partial charge in [0.1, 0.15) is 6.04 Å². The smallest absolute Gasteiger partial charge is 0.247 e. The number of benzene rings is 1. The topological polar surface area (TPSA) is 49.4 Å². The second kappa shape index (κ2) is 5.51. The van der Waals surface area contributed by atoms with Crippen molar-refractivity contribution in [2.75, 3.05) is 13.1 Å². The van der Waals surface area contributed by atoms with Crippen LogP contribution in [0.5, 0.6) is 0 Å². The first kappa shape index (κ1) is 14.1. The van der Waals surface area contributed by atoms with Crippen LogP contribution >= 0.6 is 0 Å². The van der Waals surface area contributed by atoms with Gasteiger partial charge in [-0.15, -0.1) is 0 Å². The number of nitrogens with zero attached hydrogens (tertiary/aromatic N) is 1. The molecule has 2 fully saturated rings. The highest BCUT2D eigenvalue weighted by molar-refractivity contribution is 5.91. The fourth-order valence-corrected chi connectivity index (χ4v) is 2.86. The third-order valence-electron chi connectivity index (χ3n) is 4.34. The minimum atomic E-state index is -0.465. The zero-order valence-corrected chi connectivity index (χ0v) is 12.6. The van der Waals surface area contributed by atoms with Gasteiger partial charge in [0.25, 0.3) is 0 Å². The maximum atomic E-state index is 12.4. The van der Waals surface area contributed by atoms with E-state index in [0.717, 1.165) is 18.4 Å². The average molecular weight is 286 g/mol. The van der Waals surface area contributed by atoms with Crippen LogP contribution in [0.25, 0.3) is 0 Å². The first-order valence-corrected chi connectivity index (χ1v) is 7.76. The van der Waals surface area contributed by atoms with E-state index in [1.54, 1.807) is 4.90 Å². The maximum absolute atomic E-state index is 12.4. The molecular formula is C17H22N2O2. The van der Waals surface area contributed by atoms with E-state index in [-0.39, 0.29) is 17.7 Å². The number of amides is 2. The van der Waals surface area contributed by atoms with Gasteiger partial charge in [-0.05, 0) is 29.9 Å². The summed E-state index contributed by atoms with van der Waals surface area (Å²) in [5, 5.41) is 2.88. The van der Waals surface area contributed by atoms with E-state index in [4.69, 9.17) is 0 Å². The van der Waals surface area contributed by atoms with Crippen molar-refractivity contribution in [1.82, 2.24) is 10.2 Å². The predicted molar refractivity (Wildman–Crippen MR) is 80.7 cm³/mol. The molecule has 1 unspecified atom stereocenters. The molecule has 1 heterocycles. The van der Waals surface area contributed by atoms with Gasteiger partial charge in [-0.3, -0.25) is 9.59 Å². The van der Waals surface area contributed by atoms with Gasteiger partial charge in [-0.1, -0.05) is 38.1 Å². The Balaban J connectivity index is 1.87. The first-order valence-electron chi connectivity index (χ1n) is 7.76. The molecule has 1 aliphatic heterocycles. The Kier molecular flexibility index (Phi) is 3.70. The van der Waals surface area contributed by atoms with Gasteiger partial charge in [0, 0.05) is 19.0 Å². The Bertz CT molecular complexity index is 546. The lowest BCUT2D eigenvalue weighted by Gasteiger charge is -2.35. The molecule has 0 aromatic heterocycles. The van der Waals surface area contributed by atoms with Gasteiger partial charge in [-0.2, -0.15) is 0 Å². The maximum Gasteiger partial charge on any atom is 0.247 e. The Labute approximate surface area is 125 Å². The molecule has 1 aromatic rings. The first-order chi connectivity index (χ1) is 10.1. The van der Waals surface area contributed by atoms with Crippen LogP contribution in [0.3, 0.4) is 0 Å². The quantitative estimate of drug-likeness (QED) is 0.926. The molecule has 1 saturated carbocycles. The normalized spacial score (nSPS) is 22.3.